The summed E-state index contributed by atoms with van der Waals surface area (Å²) in [6, 6.07) is 7.17. The number of carbonyl (C=O) groups is 2. The minimum atomic E-state index is -0.132. The smallest absolute Gasteiger partial charge is 0.251 e. The van der Waals surface area contributed by atoms with E-state index in [4.69, 9.17) is 0 Å². The van der Waals surface area contributed by atoms with Gasteiger partial charge in [0.2, 0.25) is 5.91 Å². The molecule has 0 saturated heterocycles. The quantitative estimate of drug-likeness (QED) is 0.793. The molecule has 96 valence electrons. The third-order valence-electron chi connectivity index (χ3n) is 2.30. The fraction of sp³-hybridized carbons (Fsp3) is 0.286. The predicted molar refractivity (Wildman–Crippen MR) is 71.1 cm³/mol. The molecule has 0 unspecified atom stereocenters. The number of rotatable bonds is 4. The van der Waals surface area contributed by atoms with Crippen molar-refractivity contribution in [1.82, 2.24) is 10.6 Å². The topological polar surface area (TPSA) is 58.2 Å². The molecular formula is C14H18N2O2. The number of hydrogen-bond acceptors (Lipinski definition) is 2. The number of allylic oxidation sites excluding steroid dienone is 1. The normalized spacial score (nSPS) is 9.50. The average Bonchev–Trinajstić information content (AvgIpc) is 2.35. The van der Waals surface area contributed by atoms with Gasteiger partial charge in [-0.05, 0) is 31.5 Å². The van der Waals surface area contributed by atoms with Crippen LogP contribution in [0.4, 0.5) is 0 Å². The summed E-state index contributed by atoms with van der Waals surface area (Å²) in [7, 11) is 1.59. The van der Waals surface area contributed by atoms with E-state index in [1.807, 2.05) is 19.9 Å². The maximum atomic E-state index is 11.4. The van der Waals surface area contributed by atoms with Crippen LogP contribution in [-0.2, 0) is 11.3 Å². The van der Waals surface area contributed by atoms with Crippen molar-refractivity contribution in [3.8, 4) is 0 Å². The van der Waals surface area contributed by atoms with Crippen molar-refractivity contribution in [1.29, 1.82) is 0 Å². The van der Waals surface area contributed by atoms with Crippen molar-refractivity contribution < 1.29 is 9.59 Å². The zero-order valence-electron chi connectivity index (χ0n) is 10.9. The average molecular weight is 246 g/mol. The van der Waals surface area contributed by atoms with E-state index in [-0.39, 0.29) is 11.8 Å². The zero-order chi connectivity index (χ0) is 13.5. The number of benzene rings is 1. The first-order chi connectivity index (χ1) is 8.52. The first-order valence-electron chi connectivity index (χ1n) is 5.76. The molecule has 2 amide bonds. The summed E-state index contributed by atoms with van der Waals surface area (Å²) in [5.74, 6) is -0.257. The van der Waals surface area contributed by atoms with Gasteiger partial charge in [0.05, 0.1) is 0 Å². The van der Waals surface area contributed by atoms with Gasteiger partial charge in [0.25, 0.3) is 5.91 Å². The molecule has 0 spiro atoms. The minimum absolute atomic E-state index is 0.125. The summed E-state index contributed by atoms with van der Waals surface area (Å²) in [6.07, 6.45) is 1.54. The van der Waals surface area contributed by atoms with E-state index in [9.17, 15) is 9.59 Å². The zero-order valence-corrected chi connectivity index (χ0v) is 10.9. The SMILES string of the molecule is CNC(=O)c1cccc(CNC(=O)C=C(C)C)c1. The van der Waals surface area contributed by atoms with Gasteiger partial charge in [0.15, 0.2) is 0 Å². The molecule has 0 aliphatic rings. The van der Waals surface area contributed by atoms with Crippen molar-refractivity contribution in [2.75, 3.05) is 7.05 Å². The molecule has 1 aromatic rings. The summed E-state index contributed by atoms with van der Waals surface area (Å²) in [4.78, 5) is 22.9. The fourth-order valence-corrected chi connectivity index (χ4v) is 1.47. The molecule has 4 nitrogen and oxygen atoms in total. The van der Waals surface area contributed by atoms with Crippen LogP contribution in [0.1, 0.15) is 29.8 Å². The Labute approximate surface area is 107 Å². The van der Waals surface area contributed by atoms with Crippen LogP contribution in [0.5, 0.6) is 0 Å². The Morgan fingerprint density at radius 2 is 2.00 bits per heavy atom. The van der Waals surface area contributed by atoms with Crippen LogP contribution in [0.3, 0.4) is 0 Å². The summed E-state index contributed by atoms with van der Waals surface area (Å²) in [5, 5.41) is 5.33. The van der Waals surface area contributed by atoms with Crippen LogP contribution in [0.2, 0.25) is 0 Å². The highest BCUT2D eigenvalue weighted by Crippen LogP contribution is 2.05. The van der Waals surface area contributed by atoms with Gasteiger partial charge in [-0.3, -0.25) is 9.59 Å². The summed E-state index contributed by atoms with van der Waals surface area (Å²) in [5.41, 5.74) is 2.43. The highest BCUT2D eigenvalue weighted by atomic mass is 16.2. The van der Waals surface area contributed by atoms with E-state index in [2.05, 4.69) is 10.6 Å². The molecule has 0 heterocycles. The number of amides is 2. The standard InChI is InChI=1S/C14H18N2O2/c1-10(2)7-13(17)16-9-11-5-4-6-12(8-11)14(18)15-3/h4-8H,9H2,1-3H3,(H,15,18)(H,16,17). The van der Waals surface area contributed by atoms with Crippen LogP contribution in [0.25, 0.3) is 0 Å². The third kappa shape index (κ3) is 4.41. The molecule has 0 aromatic heterocycles. The van der Waals surface area contributed by atoms with E-state index < -0.39 is 0 Å². The van der Waals surface area contributed by atoms with Crippen LogP contribution in [-0.4, -0.2) is 18.9 Å². The number of carbonyl (C=O) groups excluding carboxylic acids is 2. The van der Waals surface area contributed by atoms with Gasteiger partial charge in [-0.15, -0.1) is 0 Å². The lowest BCUT2D eigenvalue weighted by Crippen LogP contribution is -2.21. The van der Waals surface area contributed by atoms with Crippen LogP contribution < -0.4 is 10.6 Å². The first-order valence-corrected chi connectivity index (χ1v) is 5.76. The third-order valence-corrected chi connectivity index (χ3v) is 2.30. The van der Waals surface area contributed by atoms with Crippen LogP contribution in [0, 0.1) is 0 Å². The van der Waals surface area contributed by atoms with Crippen LogP contribution in [0.15, 0.2) is 35.9 Å². The molecule has 2 N–H and O–H groups in total. The van der Waals surface area contributed by atoms with Crippen molar-refractivity contribution in [2.24, 2.45) is 0 Å². The molecule has 0 aliphatic carbocycles. The molecule has 1 aromatic carbocycles. The molecular weight excluding hydrogens is 228 g/mol. The van der Waals surface area contributed by atoms with Gasteiger partial charge >= 0.3 is 0 Å². The summed E-state index contributed by atoms with van der Waals surface area (Å²) < 4.78 is 0. The molecule has 0 saturated carbocycles. The Bertz CT molecular complexity index is 474. The lowest BCUT2D eigenvalue weighted by Gasteiger charge is -2.05. The van der Waals surface area contributed by atoms with Gasteiger partial charge < -0.3 is 10.6 Å². The number of nitrogens with one attached hydrogen (secondary N) is 2. The second-order valence-electron chi connectivity index (χ2n) is 4.22. The predicted octanol–water partition coefficient (Wildman–Crippen LogP) is 1.63. The summed E-state index contributed by atoms with van der Waals surface area (Å²) >= 11 is 0. The highest BCUT2D eigenvalue weighted by Gasteiger charge is 2.04. The van der Waals surface area contributed by atoms with Gasteiger partial charge in [0, 0.05) is 25.2 Å². The molecule has 0 bridgehead atoms. The Kier molecular flexibility index (Phi) is 5.11. The Morgan fingerprint density at radius 1 is 1.28 bits per heavy atom. The Balaban J connectivity index is 2.66. The van der Waals surface area contributed by atoms with Gasteiger partial charge in [-0.1, -0.05) is 17.7 Å². The Hall–Kier alpha value is -2.10. The van der Waals surface area contributed by atoms with Crippen molar-refractivity contribution in [2.45, 2.75) is 20.4 Å². The highest BCUT2D eigenvalue weighted by molar-refractivity contribution is 5.94. The fourth-order valence-electron chi connectivity index (χ4n) is 1.47. The molecule has 0 fully saturated rings. The molecule has 1 rings (SSSR count). The molecule has 4 heteroatoms. The van der Waals surface area contributed by atoms with E-state index in [0.29, 0.717) is 12.1 Å². The van der Waals surface area contributed by atoms with Gasteiger partial charge in [0.1, 0.15) is 0 Å². The van der Waals surface area contributed by atoms with Gasteiger partial charge in [-0.25, -0.2) is 0 Å². The van der Waals surface area contributed by atoms with E-state index >= 15 is 0 Å². The lowest BCUT2D eigenvalue weighted by molar-refractivity contribution is -0.116. The second kappa shape index (κ2) is 6.59. The van der Waals surface area contributed by atoms with E-state index in [1.165, 1.54) is 0 Å². The monoisotopic (exact) mass is 246 g/mol. The Morgan fingerprint density at radius 3 is 2.61 bits per heavy atom. The van der Waals surface area contributed by atoms with Gasteiger partial charge in [-0.2, -0.15) is 0 Å². The number of hydrogen-bond donors (Lipinski definition) is 2. The summed E-state index contributed by atoms with van der Waals surface area (Å²) in [6.45, 7) is 4.14. The van der Waals surface area contributed by atoms with Crippen molar-refractivity contribution in [3.05, 3.63) is 47.0 Å². The largest absolute Gasteiger partial charge is 0.355 e. The maximum absolute atomic E-state index is 11.4. The molecule has 0 atom stereocenters. The second-order valence-corrected chi connectivity index (χ2v) is 4.22. The van der Waals surface area contributed by atoms with Crippen molar-refractivity contribution >= 4 is 11.8 Å². The van der Waals surface area contributed by atoms with E-state index in [0.717, 1.165) is 11.1 Å². The molecule has 0 radical (unpaired) electrons. The minimum Gasteiger partial charge on any atom is -0.355 e. The molecule has 0 aliphatic heterocycles. The molecule has 18 heavy (non-hydrogen) atoms. The first kappa shape index (κ1) is 14.0. The maximum Gasteiger partial charge on any atom is 0.251 e. The van der Waals surface area contributed by atoms with E-state index in [1.54, 1.807) is 31.3 Å². The van der Waals surface area contributed by atoms with Crippen LogP contribution >= 0.6 is 0 Å². The lowest BCUT2D eigenvalue weighted by atomic mass is 10.1. The van der Waals surface area contributed by atoms with Crippen molar-refractivity contribution in [3.63, 3.8) is 0 Å².